The molecule has 108 valence electrons. The van der Waals surface area contributed by atoms with Gasteiger partial charge in [0.15, 0.2) is 5.16 Å². The second-order valence-electron chi connectivity index (χ2n) is 4.97. The fourth-order valence-electron chi connectivity index (χ4n) is 2.14. The maximum absolute atomic E-state index is 13.0. The summed E-state index contributed by atoms with van der Waals surface area (Å²) in [6.07, 6.45) is 0. The van der Waals surface area contributed by atoms with Crippen LogP contribution in [0.2, 0.25) is 5.02 Å². The first-order chi connectivity index (χ1) is 10.0. The van der Waals surface area contributed by atoms with Crippen molar-refractivity contribution in [3.05, 3.63) is 57.9 Å². The number of nitrogens with zero attached hydrogens (tertiary/aromatic N) is 1. The van der Waals surface area contributed by atoms with E-state index in [4.69, 9.17) is 11.6 Å². The lowest BCUT2D eigenvalue weighted by molar-refractivity contribution is 0.627. The van der Waals surface area contributed by atoms with Crippen LogP contribution in [0.3, 0.4) is 0 Å². The molecule has 0 unspecified atom stereocenters. The van der Waals surface area contributed by atoms with Gasteiger partial charge in [-0.05, 0) is 48.7 Å². The third kappa shape index (κ3) is 2.92. The van der Waals surface area contributed by atoms with Gasteiger partial charge in [0.05, 0.1) is 11.0 Å². The Bertz CT molecular complexity index is 813. The van der Waals surface area contributed by atoms with Crippen LogP contribution in [0.4, 0.5) is 4.39 Å². The van der Waals surface area contributed by atoms with Crippen LogP contribution in [0.1, 0.15) is 16.7 Å². The highest BCUT2D eigenvalue weighted by molar-refractivity contribution is 7.98. The Kier molecular flexibility index (Phi) is 3.91. The zero-order chi connectivity index (χ0) is 15.0. The Morgan fingerprint density at radius 2 is 2.05 bits per heavy atom. The van der Waals surface area contributed by atoms with Crippen LogP contribution in [0.25, 0.3) is 11.0 Å². The van der Waals surface area contributed by atoms with E-state index in [1.54, 1.807) is 17.8 Å². The molecule has 0 amide bonds. The molecule has 0 bridgehead atoms. The molecule has 0 aliphatic carbocycles. The van der Waals surface area contributed by atoms with Crippen LogP contribution in [0.5, 0.6) is 0 Å². The van der Waals surface area contributed by atoms with Crippen LogP contribution in [0, 0.1) is 19.7 Å². The summed E-state index contributed by atoms with van der Waals surface area (Å²) >= 11 is 7.60. The minimum absolute atomic E-state index is 0.316. The summed E-state index contributed by atoms with van der Waals surface area (Å²) in [4.78, 5) is 7.93. The molecule has 5 heteroatoms. The van der Waals surface area contributed by atoms with Crippen molar-refractivity contribution in [1.82, 2.24) is 9.97 Å². The molecule has 2 nitrogen and oxygen atoms in total. The number of hydrogen-bond donors (Lipinski definition) is 1. The topological polar surface area (TPSA) is 28.7 Å². The lowest BCUT2D eigenvalue weighted by atomic mass is 10.1. The van der Waals surface area contributed by atoms with Gasteiger partial charge in [-0.1, -0.05) is 35.5 Å². The molecule has 0 atom stereocenters. The number of aryl methyl sites for hydroxylation is 2. The van der Waals surface area contributed by atoms with Gasteiger partial charge in [0.1, 0.15) is 5.82 Å². The first-order valence-corrected chi connectivity index (χ1v) is 7.93. The fourth-order valence-corrected chi connectivity index (χ4v) is 3.34. The van der Waals surface area contributed by atoms with Gasteiger partial charge in [-0.15, -0.1) is 0 Å². The second kappa shape index (κ2) is 5.70. The Morgan fingerprint density at radius 1 is 1.24 bits per heavy atom. The molecule has 2 aromatic carbocycles. The minimum Gasteiger partial charge on any atom is -0.333 e. The third-order valence-corrected chi connectivity index (χ3v) is 4.81. The molecule has 0 radical (unpaired) electrons. The SMILES string of the molecule is Cc1ccc2[nH]c(SCc3ccc(F)cc3Cl)nc2c1C. The number of benzene rings is 2. The Labute approximate surface area is 131 Å². The molecule has 1 N–H and O–H groups in total. The zero-order valence-electron chi connectivity index (χ0n) is 11.7. The van der Waals surface area contributed by atoms with E-state index in [0.29, 0.717) is 10.8 Å². The van der Waals surface area contributed by atoms with E-state index < -0.39 is 0 Å². The molecule has 3 aromatic rings. The molecule has 0 aliphatic heterocycles. The molecule has 0 saturated carbocycles. The van der Waals surface area contributed by atoms with E-state index in [2.05, 4.69) is 29.9 Å². The van der Waals surface area contributed by atoms with Gasteiger partial charge >= 0.3 is 0 Å². The molecule has 0 saturated heterocycles. The van der Waals surface area contributed by atoms with Crippen molar-refractivity contribution >= 4 is 34.4 Å². The molecule has 1 heterocycles. The Morgan fingerprint density at radius 3 is 2.81 bits per heavy atom. The van der Waals surface area contributed by atoms with E-state index in [1.807, 2.05) is 6.07 Å². The average molecular weight is 321 g/mol. The number of thioether (sulfide) groups is 1. The number of rotatable bonds is 3. The van der Waals surface area contributed by atoms with Crippen molar-refractivity contribution in [2.75, 3.05) is 0 Å². The number of aromatic amines is 1. The largest absolute Gasteiger partial charge is 0.333 e. The van der Waals surface area contributed by atoms with Crippen molar-refractivity contribution in [3.8, 4) is 0 Å². The molecule has 0 aliphatic rings. The highest BCUT2D eigenvalue weighted by Gasteiger charge is 2.09. The molecule has 3 rings (SSSR count). The van der Waals surface area contributed by atoms with Gasteiger partial charge in [0.25, 0.3) is 0 Å². The number of nitrogens with one attached hydrogen (secondary N) is 1. The average Bonchev–Trinajstić information content (AvgIpc) is 2.86. The number of hydrogen-bond acceptors (Lipinski definition) is 2. The van der Waals surface area contributed by atoms with Crippen LogP contribution in [0.15, 0.2) is 35.5 Å². The number of H-pyrrole nitrogens is 1. The summed E-state index contributed by atoms with van der Waals surface area (Å²) in [6.45, 7) is 4.15. The Balaban J connectivity index is 1.84. The number of imidazole rings is 1. The van der Waals surface area contributed by atoms with Crippen molar-refractivity contribution < 1.29 is 4.39 Å². The summed E-state index contributed by atoms with van der Waals surface area (Å²) in [5.41, 5.74) is 5.35. The number of fused-ring (bicyclic) bond motifs is 1. The standard InChI is InChI=1S/C16H14ClFN2S/c1-9-3-6-14-15(10(9)2)20-16(19-14)21-8-11-4-5-12(18)7-13(11)17/h3-7H,8H2,1-2H3,(H,19,20). The first kappa shape index (κ1) is 14.4. The summed E-state index contributed by atoms with van der Waals surface area (Å²) in [7, 11) is 0. The molecular weight excluding hydrogens is 307 g/mol. The van der Waals surface area contributed by atoms with E-state index in [0.717, 1.165) is 21.8 Å². The third-order valence-electron chi connectivity index (χ3n) is 3.54. The maximum Gasteiger partial charge on any atom is 0.166 e. The maximum atomic E-state index is 13.0. The number of halogens is 2. The number of aromatic nitrogens is 2. The second-order valence-corrected chi connectivity index (χ2v) is 6.34. The van der Waals surface area contributed by atoms with Crippen LogP contribution in [-0.4, -0.2) is 9.97 Å². The monoisotopic (exact) mass is 320 g/mol. The van der Waals surface area contributed by atoms with E-state index in [-0.39, 0.29) is 5.82 Å². The van der Waals surface area contributed by atoms with Gasteiger partial charge < -0.3 is 4.98 Å². The van der Waals surface area contributed by atoms with Gasteiger partial charge in [-0.25, -0.2) is 9.37 Å². The Hall–Kier alpha value is -1.52. The normalized spacial score (nSPS) is 11.2. The van der Waals surface area contributed by atoms with Crippen molar-refractivity contribution in [2.45, 2.75) is 24.8 Å². The lowest BCUT2D eigenvalue weighted by Gasteiger charge is -2.02. The zero-order valence-corrected chi connectivity index (χ0v) is 13.3. The predicted octanol–water partition coefficient (Wildman–Crippen LogP) is 5.26. The van der Waals surface area contributed by atoms with Gasteiger partial charge in [-0.3, -0.25) is 0 Å². The molecule has 21 heavy (non-hydrogen) atoms. The van der Waals surface area contributed by atoms with Crippen molar-refractivity contribution in [1.29, 1.82) is 0 Å². The lowest BCUT2D eigenvalue weighted by Crippen LogP contribution is -1.85. The van der Waals surface area contributed by atoms with Crippen LogP contribution in [-0.2, 0) is 5.75 Å². The van der Waals surface area contributed by atoms with Gasteiger partial charge in [0.2, 0.25) is 0 Å². The van der Waals surface area contributed by atoms with Gasteiger partial charge in [-0.2, -0.15) is 0 Å². The molecule has 0 spiro atoms. The summed E-state index contributed by atoms with van der Waals surface area (Å²) in [6, 6.07) is 8.60. The highest BCUT2D eigenvalue weighted by atomic mass is 35.5. The van der Waals surface area contributed by atoms with Crippen molar-refractivity contribution in [2.24, 2.45) is 0 Å². The summed E-state index contributed by atoms with van der Waals surface area (Å²) in [5, 5.41) is 1.30. The molecule has 0 fully saturated rings. The minimum atomic E-state index is -0.316. The van der Waals surface area contributed by atoms with Crippen LogP contribution < -0.4 is 0 Å². The predicted molar refractivity (Wildman–Crippen MR) is 86.5 cm³/mol. The highest BCUT2D eigenvalue weighted by Crippen LogP contribution is 2.28. The van der Waals surface area contributed by atoms with E-state index in [1.165, 1.54) is 23.3 Å². The quantitative estimate of drug-likeness (QED) is 0.666. The van der Waals surface area contributed by atoms with E-state index >= 15 is 0 Å². The smallest absolute Gasteiger partial charge is 0.166 e. The van der Waals surface area contributed by atoms with Crippen LogP contribution >= 0.6 is 23.4 Å². The van der Waals surface area contributed by atoms with E-state index in [9.17, 15) is 4.39 Å². The first-order valence-electron chi connectivity index (χ1n) is 6.57. The molecular formula is C16H14ClFN2S. The summed E-state index contributed by atoms with van der Waals surface area (Å²) < 4.78 is 13.0. The fraction of sp³-hybridized carbons (Fsp3) is 0.188. The van der Waals surface area contributed by atoms with Crippen molar-refractivity contribution in [3.63, 3.8) is 0 Å². The molecule has 1 aromatic heterocycles. The van der Waals surface area contributed by atoms with Gasteiger partial charge in [0, 0.05) is 10.8 Å². The summed E-state index contributed by atoms with van der Waals surface area (Å²) in [5.74, 6) is 0.334.